The second kappa shape index (κ2) is 23.4. The summed E-state index contributed by atoms with van der Waals surface area (Å²) in [7, 11) is 0. The molecule has 1 aromatic rings. The molecule has 0 saturated heterocycles. The molecule has 0 aromatic heterocycles. The highest BCUT2D eigenvalue weighted by Crippen LogP contribution is 2.20. The first-order chi connectivity index (χ1) is 24.2. The van der Waals surface area contributed by atoms with E-state index in [1.165, 1.54) is 6.92 Å². The summed E-state index contributed by atoms with van der Waals surface area (Å²) in [6.07, 6.45) is 7.09. The monoisotopic (exact) mass is 823 g/mol. The Labute approximate surface area is 315 Å². The summed E-state index contributed by atoms with van der Waals surface area (Å²) < 4.78 is 1.01. The third kappa shape index (κ3) is 16.3. The number of hydrogen-bond donors (Lipinski definition) is 7. The van der Waals surface area contributed by atoms with Crippen molar-refractivity contribution in [1.29, 1.82) is 0 Å². The Balaban J connectivity index is 2.43. The maximum atomic E-state index is 14.0. The SMILES string of the molecule is CC(=O)[C@@H](CC(=O)[C@H](Cc1ccc(I)cc1)NC(=O)[C@@H]1CC=CC[C@H](N)C(=O)N[C@@H](CCCCN)C(=O)N[C@@H](CCCCN)C(=O)N1)CC(C)C. The van der Waals surface area contributed by atoms with Crippen LogP contribution in [0.15, 0.2) is 36.4 Å². The molecule has 1 aliphatic rings. The van der Waals surface area contributed by atoms with Crippen LogP contribution in [0.25, 0.3) is 0 Å². The average molecular weight is 824 g/mol. The molecule has 1 aromatic carbocycles. The largest absolute Gasteiger partial charge is 0.344 e. The summed E-state index contributed by atoms with van der Waals surface area (Å²) in [6.45, 7) is 6.27. The Morgan fingerprint density at radius 1 is 0.843 bits per heavy atom. The molecule has 0 aliphatic carbocycles. The van der Waals surface area contributed by atoms with Gasteiger partial charge in [0, 0.05) is 15.9 Å². The predicted molar refractivity (Wildman–Crippen MR) is 206 cm³/mol. The maximum absolute atomic E-state index is 14.0. The molecule has 1 heterocycles. The Kier molecular flexibility index (Phi) is 20.1. The van der Waals surface area contributed by atoms with Crippen molar-refractivity contribution in [2.45, 2.75) is 122 Å². The highest BCUT2D eigenvalue weighted by atomic mass is 127. The van der Waals surface area contributed by atoms with Crippen LogP contribution in [0.3, 0.4) is 0 Å². The van der Waals surface area contributed by atoms with Crippen molar-refractivity contribution in [1.82, 2.24) is 21.3 Å². The van der Waals surface area contributed by atoms with Crippen LogP contribution >= 0.6 is 22.6 Å². The number of carbonyl (C=O) groups is 6. The van der Waals surface area contributed by atoms with Gasteiger partial charge in [-0.25, -0.2) is 0 Å². The lowest BCUT2D eigenvalue weighted by atomic mass is 9.87. The van der Waals surface area contributed by atoms with E-state index in [4.69, 9.17) is 17.2 Å². The van der Waals surface area contributed by atoms with Crippen molar-refractivity contribution in [3.8, 4) is 0 Å². The molecule has 13 nitrogen and oxygen atoms in total. The number of nitrogens with two attached hydrogens (primary N) is 3. The lowest BCUT2D eigenvalue weighted by Crippen LogP contribution is -2.58. The van der Waals surface area contributed by atoms with E-state index in [-0.39, 0.29) is 49.6 Å². The Morgan fingerprint density at radius 3 is 1.94 bits per heavy atom. The normalized spacial score (nSPS) is 21.5. The molecule has 10 N–H and O–H groups in total. The first-order valence-electron chi connectivity index (χ1n) is 18.0. The van der Waals surface area contributed by atoms with Crippen molar-refractivity contribution in [3.05, 3.63) is 45.6 Å². The molecular weight excluding hydrogens is 765 g/mol. The minimum absolute atomic E-state index is 0.0264. The molecule has 0 spiro atoms. The van der Waals surface area contributed by atoms with Crippen LogP contribution < -0.4 is 38.5 Å². The number of nitrogens with one attached hydrogen (secondary N) is 4. The van der Waals surface area contributed by atoms with Crippen molar-refractivity contribution in [3.63, 3.8) is 0 Å². The number of Topliss-reactive ketones (excluding diaryl/α,β-unsaturated/α-hetero) is 2. The van der Waals surface area contributed by atoms with Gasteiger partial charge in [0.05, 0.1) is 12.1 Å². The number of unbranched alkanes of at least 4 members (excludes halogenated alkanes) is 2. The Hall–Kier alpha value is -3.21. The molecule has 0 unspecified atom stereocenters. The molecule has 284 valence electrons. The van der Waals surface area contributed by atoms with Crippen molar-refractivity contribution in [2.75, 3.05) is 13.1 Å². The van der Waals surface area contributed by atoms with Gasteiger partial charge in [-0.05, 0) is 130 Å². The zero-order valence-corrected chi connectivity index (χ0v) is 32.4. The average Bonchev–Trinajstić information content (AvgIpc) is 3.08. The van der Waals surface area contributed by atoms with Gasteiger partial charge in [-0.3, -0.25) is 28.8 Å². The van der Waals surface area contributed by atoms with E-state index in [0.29, 0.717) is 51.6 Å². The van der Waals surface area contributed by atoms with Crippen molar-refractivity contribution in [2.24, 2.45) is 29.0 Å². The van der Waals surface area contributed by atoms with Gasteiger partial charge in [0.2, 0.25) is 23.6 Å². The number of halogens is 1. The van der Waals surface area contributed by atoms with E-state index in [2.05, 4.69) is 43.9 Å². The van der Waals surface area contributed by atoms with E-state index in [1.54, 1.807) is 12.2 Å². The summed E-state index contributed by atoms with van der Waals surface area (Å²) in [5, 5.41) is 11.2. The standard InChI is InChI=1S/C37H58IN7O6/c1-23(2)20-26(24(3)46)22-33(47)32(21-25-14-16-27(38)17-15-25)45-37(51)30-11-5-4-10-28(41)34(48)42-29(12-6-8-18-39)35(49)44-31(36(50)43-30)13-7-9-19-40/h4-5,14-17,23,26,28-32H,6-13,18-22,39-41H2,1-3H3,(H,42,48)(H,43,50)(H,44,49)(H,45,51)/t26-,28+,29+,30+,31+,32+/m1/s1. The summed E-state index contributed by atoms with van der Waals surface area (Å²) in [4.78, 5) is 80.5. The lowest BCUT2D eigenvalue weighted by Gasteiger charge is -2.27. The van der Waals surface area contributed by atoms with Gasteiger partial charge in [-0.15, -0.1) is 0 Å². The van der Waals surface area contributed by atoms with E-state index >= 15 is 0 Å². The summed E-state index contributed by atoms with van der Waals surface area (Å²) in [6, 6.07) is 2.58. The zero-order chi connectivity index (χ0) is 37.9. The highest BCUT2D eigenvalue weighted by molar-refractivity contribution is 14.1. The molecule has 0 radical (unpaired) electrons. The Bertz CT molecular complexity index is 1340. The molecule has 14 heteroatoms. The van der Waals surface area contributed by atoms with Crippen LogP contribution in [0.4, 0.5) is 0 Å². The number of rotatable bonds is 18. The molecule has 6 atom stereocenters. The van der Waals surface area contributed by atoms with E-state index < -0.39 is 59.8 Å². The summed E-state index contributed by atoms with van der Waals surface area (Å²) in [5.74, 6) is -2.89. The maximum Gasteiger partial charge on any atom is 0.243 e. The first kappa shape index (κ1) is 44.0. The van der Waals surface area contributed by atoms with Crippen LogP contribution in [-0.2, 0) is 35.2 Å². The van der Waals surface area contributed by atoms with Crippen LogP contribution in [-0.4, -0.2) is 78.5 Å². The third-order valence-corrected chi connectivity index (χ3v) is 9.61. The number of amides is 4. The number of carbonyl (C=O) groups excluding carboxylic acids is 6. The highest BCUT2D eigenvalue weighted by Gasteiger charge is 2.32. The fourth-order valence-electron chi connectivity index (χ4n) is 5.88. The van der Waals surface area contributed by atoms with Gasteiger partial charge in [0.1, 0.15) is 23.9 Å². The smallest absolute Gasteiger partial charge is 0.243 e. The number of benzene rings is 1. The van der Waals surface area contributed by atoms with Gasteiger partial charge < -0.3 is 38.5 Å². The van der Waals surface area contributed by atoms with Crippen LogP contribution in [0.2, 0.25) is 0 Å². The topological polar surface area (TPSA) is 229 Å². The quantitative estimate of drug-likeness (QED) is 0.0651. The van der Waals surface area contributed by atoms with E-state index in [1.807, 2.05) is 38.1 Å². The third-order valence-electron chi connectivity index (χ3n) is 8.89. The number of ketones is 2. The minimum Gasteiger partial charge on any atom is -0.344 e. The van der Waals surface area contributed by atoms with Gasteiger partial charge in [0.15, 0.2) is 5.78 Å². The van der Waals surface area contributed by atoms with E-state index in [9.17, 15) is 28.8 Å². The molecular formula is C37H58IN7O6. The second-order valence-electron chi connectivity index (χ2n) is 13.8. The van der Waals surface area contributed by atoms with Crippen molar-refractivity contribution >= 4 is 57.8 Å². The fourth-order valence-corrected chi connectivity index (χ4v) is 6.24. The zero-order valence-electron chi connectivity index (χ0n) is 30.3. The molecule has 0 bridgehead atoms. The molecule has 4 amide bonds. The second-order valence-corrected chi connectivity index (χ2v) is 15.0. The van der Waals surface area contributed by atoms with Gasteiger partial charge in [0.25, 0.3) is 0 Å². The predicted octanol–water partition coefficient (Wildman–Crippen LogP) is 1.92. The lowest BCUT2D eigenvalue weighted by molar-refractivity contribution is -0.135. The summed E-state index contributed by atoms with van der Waals surface area (Å²) in [5.41, 5.74) is 18.3. The number of hydrogen-bond acceptors (Lipinski definition) is 9. The van der Waals surface area contributed by atoms with Crippen LogP contribution in [0.1, 0.15) is 90.5 Å². The van der Waals surface area contributed by atoms with E-state index in [0.717, 1.165) is 9.13 Å². The molecule has 0 fully saturated rings. The minimum atomic E-state index is -1.12. The summed E-state index contributed by atoms with van der Waals surface area (Å²) >= 11 is 2.19. The molecule has 1 aliphatic heterocycles. The van der Waals surface area contributed by atoms with Crippen molar-refractivity contribution < 1.29 is 28.8 Å². The van der Waals surface area contributed by atoms with Crippen LogP contribution in [0, 0.1) is 15.4 Å². The first-order valence-corrected chi connectivity index (χ1v) is 19.1. The molecule has 51 heavy (non-hydrogen) atoms. The Morgan fingerprint density at radius 2 is 1.39 bits per heavy atom. The molecule has 0 saturated carbocycles. The molecule has 2 rings (SSSR count). The van der Waals surface area contributed by atoms with Crippen LogP contribution in [0.5, 0.6) is 0 Å². The van der Waals surface area contributed by atoms with Gasteiger partial charge in [-0.1, -0.05) is 38.1 Å². The van der Waals surface area contributed by atoms with Gasteiger partial charge >= 0.3 is 0 Å². The van der Waals surface area contributed by atoms with Gasteiger partial charge in [-0.2, -0.15) is 0 Å². The fraction of sp³-hybridized carbons (Fsp3) is 0.622.